The zero-order valence-electron chi connectivity index (χ0n) is 10.2. The van der Waals surface area contributed by atoms with Crippen molar-refractivity contribution in [3.8, 4) is 0 Å². The Kier molecular flexibility index (Phi) is 3.50. The van der Waals surface area contributed by atoms with Gasteiger partial charge in [-0.2, -0.15) is 0 Å². The van der Waals surface area contributed by atoms with Crippen molar-refractivity contribution in [3.05, 3.63) is 29.3 Å². The van der Waals surface area contributed by atoms with E-state index in [0.717, 1.165) is 19.3 Å². The lowest BCUT2D eigenvalue weighted by Crippen LogP contribution is -2.40. The molecule has 0 unspecified atom stereocenters. The average molecular weight is 248 g/mol. The van der Waals surface area contributed by atoms with E-state index in [1.807, 2.05) is 18.2 Å². The van der Waals surface area contributed by atoms with Gasteiger partial charge in [0.1, 0.15) is 6.04 Å². The summed E-state index contributed by atoms with van der Waals surface area (Å²) in [5.74, 6) is -1.06. The van der Waals surface area contributed by atoms with Crippen molar-refractivity contribution in [1.82, 2.24) is 5.32 Å². The fraction of sp³-hybridized carbons (Fsp3) is 0.385. The van der Waals surface area contributed by atoms with Gasteiger partial charge < -0.3 is 15.7 Å². The van der Waals surface area contributed by atoms with Crippen LogP contribution in [-0.2, 0) is 17.6 Å². The quantitative estimate of drug-likeness (QED) is 0.762. The van der Waals surface area contributed by atoms with Crippen LogP contribution in [0.25, 0.3) is 0 Å². The van der Waals surface area contributed by atoms with Crippen LogP contribution in [0.15, 0.2) is 18.2 Å². The van der Waals surface area contributed by atoms with Crippen LogP contribution in [0.2, 0.25) is 0 Å². The first-order valence-electron chi connectivity index (χ1n) is 5.98. The molecule has 0 bridgehead atoms. The normalized spacial score (nSPS) is 14.7. The predicted octanol–water partition coefficient (Wildman–Crippen LogP) is 1.77. The van der Waals surface area contributed by atoms with Gasteiger partial charge in [0.2, 0.25) is 0 Å². The Morgan fingerprint density at radius 1 is 1.28 bits per heavy atom. The second kappa shape index (κ2) is 5.08. The maximum Gasteiger partial charge on any atom is 0.325 e. The molecule has 0 radical (unpaired) electrons. The molecule has 96 valence electrons. The largest absolute Gasteiger partial charge is 0.480 e. The van der Waals surface area contributed by atoms with Crippen LogP contribution in [0.3, 0.4) is 0 Å². The van der Waals surface area contributed by atoms with E-state index in [2.05, 4.69) is 10.6 Å². The number of carboxylic acids is 1. The molecule has 2 rings (SSSR count). The number of aryl methyl sites for hydroxylation is 2. The predicted molar refractivity (Wildman–Crippen MR) is 67.7 cm³/mol. The summed E-state index contributed by atoms with van der Waals surface area (Å²) in [6.07, 6.45) is 3.29. The third-order valence-electron chi connectivity index (χ3n) is 3.07. The van der Waals surface area contributed by atoms with E-state index in [4.69, 9.17) is 5.11 Å². The number of nitrogens with one attached hydrogen (secondary N) is 2. The van der Waals surface area contributed by atoms with Crippen LogP contribution < -0.4 is 10.6 Å². The summed E-state index contributed by atoms with van der Waals surface area (Å²) in [6.45, 7) is 1.42. The number of benzene rings is 1. The molecule has 18 heavy (non-hydrogen) atoms. The lowest BCUT2D eigenvalue weighted by atomic mass is 10.1. The number of anilines is 1. The van der Waals surface area contributed by atoms with Gasteiger partial charge in [0.25, 0.3) is 0 Å². The molecule has 1 aromatic carbocycles. The molecule has 5 nitrogen and oxygen atoms in total. The van der Waals surface area contributed by atoms with Gasteiger partial charge in [0.15, 0.2) is 0 Å². The first-order valence-corrected chi connectivity index (χ1v) is 5.98. The SMILES string of the molecule is C[C@H](NC(=O)Nc1ccc2c(c1)CCC2)C(=O)O. The summed E-state index contributed by atoms with van der Waals surface area (Å²) < 4.78 is 0. The molecule has 0 aliphatic heterocycles. The van der Waals surface area contributed by atoms with E-state index < -0.39 is 18.0 Å². The number of carboxylic acid groups (broad SMARTS) is 1. The Hall–Kier alpha value is -2.04. The molecule has 0 saturated heterocycles. The molecule has 0 heterocycles. The summed E-state index contributed by atoms with van der Waals surface area (Å²) in [5.41, 5.74) is 3.30. The molecule has 0 saturated carbocycles. The Bertz CT molecular complexity index is 485. The molecule has 1 aliphatic carbocycles. The highest BCUT2D eigenvalue weighted by atomic mass is 16.4. The van der Waals surface area contributed by atoms with E-state index in [-0.39, 0.29) is 0 Å². The highest BCUT2D eigenvalue weighted by molar-refractivity contribution is 5.92. The summed E-state index contributed by atoms with van der Waals surface area (Å²) in [7, 11) is 0. The molecule has 0 fully saturated rings. The zero-order chi connectivity index (χ0) is 13.1. The van der Waals surface area contributed by atoms with Crippen molar-refractivity contribution < 1.29 is 14.7 Å². The monoisotopic (exact) mass is 248 g/mol. The highest BCUT2D eigenvalue weighted by Crippen LogP contribution is 2.24. The lowest BCUT2D eigenvalue weighted by molar-refractivity contribution is -0.138. The van der Waals surface area contributed by atoms with Crippen molar-refractivity contribution >= 4 is 17.7 Å². The standard InChI is InChI=1S/C13H16N2O3/c1-8(12(16)17)14-13(18)15-11-6-5-9-3-2-4-10(9)7-11/h5-8H,2-4H2,1H3,(H,16,17)(H2,14,15,18)/t8-/m0/s1. The highest BCUT2D eigenvalue weighted by Gasteiger charge is 2.15. The molecule has 3 N–H and O–H groups in total. The molecule has 2 amide bonds. The van der Waals surface area contributed by atoms with Gasteiger partial charge in [-0.05, 0) is 49.4 Å². The van der Waals surface area contributed by atoms with Crippen LogP contribution in [-0.4, -0.2) is 23.1 Å². The number of carbonyl (C=O) groups is 2. The number of fused-ring (bicyclic) bond motifs is 1. The Labute approximate surface area is 105 Å². The summed E-state index contributed by atoms with van der Waals surface area (Å²) in [4.78, 5) is 22.1. The maximum absolute atomic E-state index is 11.5. The van der Waals surface area contributed by atoms with E-state index in [0.29, 0.717) is 5.69 Å². The average Bonchev–Trinajstić information content (AvgIpc) is 2.75. The molecule has 1 aromatic rings. The van der Waals surface area contributed by atoms with E-state index in [9.17, 15) is 9.59 Å². The first-order chi connectivity index (χ1) is 8.56. The van der Waals surface area contributed by atoms with Gasteiger partial charge >= 0.3 is 12.0 Å². The number of aliphatic carboxylic acids is 1. The second-order valence-corrected chi connectivity index (χ2v) is 4.50. The Balaban J connectivity index is 1.97. The van der Waals surface area contributed by atoms with E-state index in [1.165, 1.54) is 18.1 Å². The van der Waals surface area contributed by atoms with E-state index in [1.54, 1.807) is 0 Å². The Morgan fingerprint density at radius 3 is 2.72 bits per heavy atom. The first kappa shape index (κ1) is 12.4. The molecule has 0 spiro atoms. The van der Waals surface area contributed by atoms with Crippen LogP contribution in [0, 0.1) is 0 Å². The van der Waals surface area contributed by atoms with Crippen LogP contribution in [0.1, 0.15) is 24.5 Å². The van der Waals surface area contributed by atoms with Crippen molar-refractivity contribution in [2.75, 3.05) is 5.32 Å². The van der Waals surface area contributed by atoms with Crippen molar-refractivity contribution in [2.45, 2.75) is 32.2 Å². The molecular formula is C13H16N2O3. The minimum Gasteiger partial charge on any atom is -0.480 e. The zero-order valence-corrected chi connectivity index (χ0v) is 10.2. The van der Waals surface area contributed by atoms with Crippen LogP contribution >= 0.6 is 0 Å². The number of carbonyl (C=O) groups excluding carboxylic acids is 1. The fourth-order valence-electron chi connectivity index (χ4n) is 2.08. The van der Waals surface area contributed by atoms with Crippen molar-refractivity contribution in [1.29, 1.82) is 0 Å². The molecule has 0 aromatic heterocycles. The summed E-state index contributed by atoms with van der Waals surface area (Å²) >= 11 is 0. The van der Waals surface area contributed by atoms with Gasteiger partial charge in [0, 0.05) is 5.69 Å². The maximum atomic E-state index is 11.5. The smallest absolute Gasteiger partial charge is 0.325 e. The molecule has 5 heteroatoms. The van der Waals surface area contributed by atoms with Crippen LogP contribution in [0.4, 0.5) is 10.5 Å². The van der Waals surface area contributed by atoms with Crippen molar-refractivity contribution in [2.24, 2.45) is 0 Å². The van der Waals surface area contributed by atoms with E-state index >= 15 is 0 Å². The second-order valence-electron chi connectivity index (χ2n) is 4.50. The van der Waals surface area contributed by atoms with Gasteiger partial charge in [-0.15, -0.1) is 0 Å². The Morgan fingerprint density at radius 2 is 2.00 bits per heavy atom. The summed E-state index contributed by atoms with van der Waals surface area (Å²) in [6, 6.07) is 4.41. The number of urea groups is 1. The number of amides is 2. The van der Waals surface area contributed by atoms with Gasteiger partial charge in [-0.1, -0.05) is 6.07 Å². The summed E-state index contributed by atoms with van der Waals surface area (Å²) in [5, 5.41) is 13.7. The number of hydrogen-bond acceptors (Lipinski definition) is 2. The van der Waals surface area contributed by atoms with Gasteiger partial charge in [0.05, 0.1) is 0 Å². The minimum absolute atomic E-state index is 0.497. The number of hydrogen-bond donors (Lipinski definition) is 3. The van der Waals surface area contributed by atoms with Crippen molar-refractivity contribution in [3.63, 3.8) is 0 Å². The van der Waals surface area contributed by atoms with Gasteiger partial charge in [-0.25, -0.2) is 4.79 Å². The lowest BCUT2D eigenvalue weighted by Gasteiger charge is -2.11. The molecule has 1 aliphatic rings. The molecule has 1 atom stereocenters. The third-order valence-corrected chi connectivity index (χ3v) is 3.07. The third kappa shape index (κ3) is 2.80. The fourth-order valence-corrected chi connectivity index (χ4v) is 2.08. The topological polar surface area (TPSA) is 78.4 Å². The van der Waals surface area contributed by atoms with Crippen LogP contribution in [0.5, 0.6) is 0 Å². The number of rotatable bonds is 3. The molecular weight excluding hydrogens is 232 g/mol. The minimum atomic E-state index is -1.06. The van der Waals surface area contributed by atoms with Gasteiger partial charge in [-0.3, -0.25) is 4.79 Å².